The Bertz CT molecular complexity index is 830. The summed E-state index contributed by atoms with van der Waals surface area (Å²) in [4.78, 5) is 36.7. The average molecular weight is 437 g/mol. The van der Waals surface area contributed by atoms with Crippen molar-refractivity contribution in [2.24, 2.45) is 0 Å². The van der Waals surface area contributed by atoms with Crippen molar-refractivity contribution < 1.29 is 46.9 Å². The van der Waals surface area contributed by atoms with Crippen molar-refractivity contribution in [2.45, 2.75) is 37.3 Å². The number of alkyl halides is 3. The molecule has 0 bridgehead atoms. The highest BCUT2D eigenvalue weighted by atomic mass is 19.4. The number of nitrogens with one attached hydrogen (secondary N) is 3. The van der Waals surface area contributed by atoms with Gasteiger partial charge in [-0.2, -0.15) is 13.2 Å². The topological polar surface area (TPSA) is 137 Å². The zero-order valence-corrected chi connectivity index (χ0v) is 15.5. The number of hydrogen-bond donors (Lipinski definition) is 5. The van der Waals surface area contributed by atoms with E-state index in [2.05, 4.69) is 5.32 Å². The van der Waals surface area contributed by atoms with Gasteiger partial charge < -0.3 is 30.9 Å². The fourth-order valence-electron chi connectivity index (χ4n) is 2.56. The second kappa shape index (κ2) is 8.83. The summed E-state index contributed by atoms with van der Waals surface area (Å²) in [7, 11) is 0. The predicted octanol–water partition coefficient (Wildman–Crippen LogP) is -0.178. The molecule has 13 heteroatoms. The number of halogens is 4. The number of carbonyl (C=O) groups excluding carboxylic acids is 3. The van der Waals surface area contributed by atoms with E-state index in [1.807, 2.05) is 5.32 Å². The molecule has 0 saturated heterocycles. The summed E-state index contributed by atoms with van der Waals surface area (Å²) in [6.45, 7) is -1.62. The van der Waals surface area contributed by atoms with Gasteiger partial charge in [0.05, 0.1) is 5.69 Å². The lowest BCUT2D eigenvalue weighted by atomic mass is 10.0. The molecule has 1 aliphatic rings. The molecule has 1 aromatic carbocycles. The normalized spacial score (nSPS) is 20.7. The van der Waals surface area contributed by atoms with Gasteiger partial charge in [0.25, 0.3) is 17.7 Å². The van der Waals surface area contributed by atoms with Crippen molar-refractivity contribution in [1.82, 2.24) is 10.6 Å². The number of amides is 3. The minimum atomic E-state index is -4.77. The number of fused-ring (bicyclic) bond motifs is 1. The van der Waals surface area contributed by atoms with Gasteiger partial charge in [0.1, 0.15) is 30.3 Å². The van der Waals surface area contributed by atoms with Gasteiger partial charge in [-0.1, -0.05) is 0 Å². The first-order valence-electron chi connectivity index (χ1n) is 8.61. The van der Waals surface area contributed by atoms with Crippen LogP contribution >= 0.6 is 0 Å². The van der Waals surface area contributed by atoms with Crippen LogP contribution in [0, 0.1) is 5.82 Å². The number of carbonyl (C=O) groups is 3. The lowest BCUT2D eigenvalue weighted by Crippen LogP contribution is -2.61. The molecule has 0 spiro atoms. The molecule has 0 aromatic heterocycles. The Morgan fingerprint density at radius 3 is 2.53 bits per heavy atom. The molecule has 0 saturated carbocycles. The van der Waals surface area contributed by atoms with E-state index in [1.54, 1.807) is 0 Å². The van der Waals surface area contributed by atoms with Crippen molar-refractivity contribution in [3.05, 3.63) is 24.0 Å². The molecule has 9 nitrogen and oxygen atoms in total. The van der Waals surface area contributed by atoms with Gasteiger partial charge in [0.2, 0.25) is 5.60 Å². The van der Waals surface area contributed by atoms with Gasteiger partial charge in [0.15, 0.2) is 0 Å². The lowest BCUT2D eigenvalue weighted by molar-refractivity contribution is -0.158. The zero-order valence-electron chi connectivity index (χ0n) is 15.5. The Morgan fingerprint density at radius 2 is 1.93 bits per heavy atom. The summed E-state index contributed by atoms with van der Waals surface area (Å²) in [6.07, 6.45) is -6.15. The summed E-state index contributed by atoms with van der Waals surface area (Å²) in [5.41, 5.74) is -3.02. The van der Waals surface area contributed by atoms with Gasteiger partial charge in [-0.3, -0.25) is 14.4 Å². The molecular weight excluding hydrogens is 418 g/mol. The maximum Gasteiger partial charge on any atom is 0.405 e. The molecular formula is C17H19F4N3O6. The first-order valence-corrected chi connectivity index (χ1v) is 8.61. The van der Waals surface area contributed by atoms with E-state index in [0.29, 0.717) is 6.92 Å². The number of ether oxygens (including phenoxy) is 1. The molecule has 1 heterocycles. The second-order valence-electron chi connectivity index (χ2n) is 6.62. The van der Waals surface area contributed by atoms with Crippen LogP contribution in [0.3, 0.4) is 0 Å². The summed E-state index contributed by atoms with van der Waals surface area (Å²) in [5, 5.41) is 25.0. The number of aliphatic hydroxyl groups is 2. The van der Waals surface area contributed by atoms with Crippen molar-refractivity contribution >= 4 is 23.4 Å². The molecule has 3 amide bonds. The molecule has 3 unspecified atom stereocenters. The standard InChI is InChI=1S/C17H19F4N3O6/c1-16(29,14(27)22-7-17(19,20)21)15(28)24-12-11(4-5-25)30-10-3-2-8(18)6-9(10)23-13(12)26/h2-3,6,11-12,25,29H,4-5,7H2,1H3,(H,22,27)(H,23,26)(H,24,28). The first-order chi connectivity index (χ1) is 13.8. The predicted molar refractivity (Wildman–Crippen MR) is 92.8 cm³/mol. The average Bonchev–Trinajstić information content (AvgIpc) is 2.76. The Kier molecular flexibility index (Phi) is 6.87. The fourth-order valence-corrected chi connectivity index (χ4v) is 2.56. The Morgan fingerprint density at radius 1 is 1.27 bits per heavy atom. The second-order valence-corrected chi connectivity index (χ2v) is 6.62. The molecule has 1 aromatic rings. The minimum absolute atomic E-state index is 0.0367. The fraction of sp³-hybridized carbons (Fsp3) is 0.471. The van der Waals surface area contributed by atoms with Crippen molar-refractivity contribution in [3.8, 4) is 5.75 Å². The third kappa shape index (κ3) is 5.57. The third-order valence-corrected chi connectivity index (χ3v) is 4.17. The highest BCUT2D eigenvalue weighted by molar-refractivity contribution is 6.09. The van der Waals surface area contributed by atoms with E-state index < -0.39 is 60.6 Å². The summed E-state index contributed by atoms with van der Waals surface area (Å²) in [5.74, 6) is -4.70. The molecule has 0 aliphatic carbocycles. The first kappa shape index (κ1) is 23.3. The maximum atomic E-state index is 13.4. The van der Waals surface area contributed by atoms with Crippen LogP contribution in [0.2, 0.25) is 0 Å². The number of benzene rings is 1. The largest absolute Gasteiger partial charge is 0.485 e. The lowest BCUT2D eigenvalue weighted by Gasteiger charge is -2.28. The molecule has 2 rings (SSSR count). The smallest absolute Gasteiger partial charge is 0.405 e. The SMILES string of the molecule is CC(O)(C(=O)NCC(F)(F)F)C(=O)NC1C(=O)Nc2cc(F)ccc2OC1CCO. The van der Waals surface area contributed by atoms with Crippen molar-refractivity contribution in [1.29, 1.82) is 0 Å². The van der Waals surface area contributed by atoms with Crippen LogP contribution in [0.5, 0.6) is 5.75 Å². The van der Waals surface area contributed by atoms with E-state index in [-0.39, 0.29) is 17.9 Å². The molecule has 0 fully saturated rings. The van der Waals surface area contributed by atoms with E-state index in [4.69, 9.17) is 4.74 Å². The van der Waals surface area contributed by atoms with Crippen molar-refractivity contribution in [2.75, 3.05) is 18.5 Å². The zero-order chi connectivity index (χ0) is 22.7. The molecule has 0 radical (unpaired) electrons. The Balaban J connectivity index is 2.20. The van der Waals surface area contributed by atoms with E-state index >= 15 is 0 Å². The quantitative estimate of drug-likeness (QED) is 0.309. The van der Waals surface area contributed by atoms with Crippen LogP contribution in [-0.4, -0.2) is 65.0 Å². The van der Waals surface area contributed by atoms with Gasteiger partial charge in [0, 0.05) is 19.1 Å². The van der Waals surface area contributed by atoms with Gasteiger partial charge in [-0.25, -0.2) is 4.39 Å². The number of hydrogen-bond acceptors (Lipinski definition) is 6. The molecule has 5 N–H and O–H groups in total. The van der Waals surface area contributed by atoms with Crippen molar-refractivity contribution in [3.63, 3.8) is 0 Å². The summed E-state index contributed by atoms with van der Waals surface area (Å²) >= 11 is 0. The number of rotatable bonds is 6. The van der Waals surface area contributed by atoms with Gasteiger partial charge in [-0.15, -0.1) is 0 Å². The maximum absolute atomic E-state index is 13.4. The van der Waals surface area contributed by atoms with E-state index in [9.17, 15) is 42.2 Å². The Labute approximate surface area is 167 Å². The van der Waals surface area contributed by atoms with Crippen LogP contribution in [0.4, 0.5) is 23.2 Å². The van der Waals surface area contributed by atoms with Crippen LogP contribution in [0.1, 0.15) is 13.3 Å². The molecule has 1 aliphatic heterocycles. The monoisotopic (exact) mass is 437 g/mol. The third-order valence-electron chi connectivity index (χ3n) is 4.17. The van der Waals surface area contributed by atoms with Gasteiger partial charge >= 0.3 is 6.18 Å². The van der Waals surface area contributed by atoms with Gasteiger partial charge in [-0.05, 0) is 19.1 Å². The molecule has 30 heavy (non-hydrogen) atoms. The highest BCUT2D eigenvalue weighted by Crippen LogP contribution is 2.30. The van der Waals surface area contributed by atoms with E-state index in [1.165, 1.54) is 11.4 Å². The minimum Gasteiger partial charge on any atom is -0.485 e. The van der Waals surface area contributed by atoms with Crippen LogP contribution < -0.4 is 20.7 Å². The van der Waals surface area contributed by atoms with E-state index in [0.717, 1.165) is 12.1 Å². The molecule has 166 valence electrons. The Hall–Kier alpha value is -2.93. The molecule has 3 atom stereocenters. The summed E-state index contributed by atoms with van der Waals surface area (Å²) < 4.78 is 55.7. The van der Waals surface area contributed by atoms with Crippen LogP contribution in [0.15, 0.2) is 18.2 Å². The highest BCUT2D eigenvalue weighted by Gasteiger charge is 2.44. The van der Waals surface area contributed by atoms with Crippen LogP contribution in [-0.2, 0) is 14.4 Å². The number of anilines is 1. The van der Waals surface area contributed by atoms with Crippen LogP contribution in [0.25, 0.3) is 0 Å². The summed E-state index contributed by atoms with van der Waals surface area (Å²) in [6, 6.07) is 1.64. The number of aliphatic hydroxyl groups excluding tert-OH is 1.